The van der Waals surface area contributed by atoms with Gasteiger partial charge in [0.05, 0.1) is 6.10 Å². The van der Waals surface area contributed by atoms with Gasteiger partial charge in [0.25, 0.3) is 0 Å². The second-order valence-corrected chi connectivity index (χ2v) is 6.12. The van der Waals surface area contributed by atoms with Crippen LogP contribution in [0.2, 0.25) is 0 Å². The Kier molecular flexibility index (Phi) is 4.45. The third-order valence-corrected chi connectivity index (χ3v) is 4.36. The van der Waals surface area contributed by atoms with Crippen LogP contribution >= 0.6 is 0 Å². The zero-order valence-corrected chi connectivity index (χ0v) is 12.0. The van der Waals surface area contributed by atoms with Gasteiger partial charge in [0.1, 0.15) is 0 Å². The van der Waals surface area contributed by atoms with Gasteiger partial charge < -0.3 is 5.11 Å². The van der Waals surface area contributed by atoms with E-state index in [-0.39, 0.29) is 6.10 Å². The Morgan fingerprint density at radius 2 is 1.67 bits per heavy atom. The molecule has 2 rings (SSSR count). The van der Waals surface area contributed by atoms with Crippen molar-refractivity contribution in [3.63, 3.8) is 0 Å². The maximum Gasteiger partial charge on any atom is 0.0583 e. The summed E-state index contributed by atoms with van der Waals surface area (Å²) < 4.78 is 0. The van der Waals surface area contributed by atoms with E-state index in [1.807, 2.05) is 0 Å². The molecule has 1 fully saturated rings. The predicted octanol–water partition coefficient (Wildman–Crippen LogP) is 4.10. The highest BCUT2D eigenvalue weighted by molar-refractivity contribution is 5.37. The minimum absolute atomic E-state index is 0.159. The molecule has 0 bridgehead atoms. The van der Waals surface area contributed by atoms with Crippen molar-refractivity contribution in [2.45, 2.75) is 65.4 Å². The van der Waals surface area contributed by atoms with Crippen LogP contribution in [0.5, 0.6) is 0 Å². The normalized spacial score (nSPS) is 18.2. The van der Waals surface area contributed by atoms with Crippen LogP contribution in [0.1, 0.15) is 54.4 Å². The second-order valence-electron chi connectivity index (χ2n) is 6.12. The highest BCUT2D eigenvalue weighted by Crippen LogP contribution is 2.30. The molecule has 1 aliphatic rings. The van der Waals surface area contributed by atoms with Gasteiger partial charge in [-0.25, -0.2) is 0 Å². The van der Waals surface area contributed by atoms with E-state index in [2.05, 4.69) is 32.9 Å². The quantitative estimate of drug-likeness (QED) is 0.848. The van der Waals surface area contributed by atoms with Crippen LogP contribution in [-0.2, 0) is 6.42 Å². The fourth-order valence-corrected chi connectivity index (χ4v) is 3.48. The summed E-state index contributed by atoms with van der Waals surface area (Å²) in [5.74, 6) is 0.770. The summed E-state index contributed by atoms with van der Waals surface area (Å²) in [4.78, 5) is 0. The topological polar surface area (TPSA) is 20.2 Å². The lowest BCUT2D eigenvalue weighted by atomic mass is 9.91. The molecule has 100 valence electrons. The van der Waals surface area contributed by atoms with Crippen molar-refractivity contribution in [3.05, 3.63) is 34.4 Å². The maximum absolute atomic E-state index is 10.3. The largest absolute Gasteiger partial charge is 0.393 e. The lowest BCUT2D eigenvalue weighted by molar-refractivity contribution is 0.143. The highest BCUT2D eigenvalue weighted by atomic mass is 16.3. The molecule has 1 aromatic carbocycles. The zero-order valence-electron chi connectivity index (χ0n) is 12.0. The van der Waals surface area contributed by atoms with Crippen LogP contribution in [0.3, 0.4) is 0 Å². The number of aliphatic hydroxyl groups excluding tert-OH is 1. The molecular weight excluding hydrogens is 220 g/mol. The molecule has 0 radical (unpaired) electrons. The summed E-state index contributed by atoms with van der Waals surface area (Å²) in [6.07, 6.45) is 7.03. The smallest absolute Gasteiger partial charge is 0.0583 e. The highest BCUT2D eigenvalue weighted by Gasteiger charge is 2.19. The minimum Gasteiger partial charge on any atom is -0.393 e. The van der Waals surface area contributed by atoms with Gasteiger partial charge >= 0.3 is 0 Å². The molecule has 1 unspecified atom stereocenters. The Hall–Kier alpha value is -0.820. The molecule has 0 aliphatic heterocycles. The molecule has 0 saturated heterocycles. The van der Waals surface area contributed by atoms with Gasteiger partial charge in [-0.2, -0.15) is 0 Å². The Labute approximate surface area is 111 Å². The Bertz CT molecular complexity index is 379. The fourth-order valence-electron chi connectivity index (χ4n) is 3.48. The Morgan fingerprint density at radius 1 is 1.11 bits per heavy atom. The number of aryl methyl sites for hydroxylation is 3. The first kappa shape index (κ1) is 13.6. The van der Waals surface area contributed by atoms with Crippen molar-refractivity contribution < 1.29 is 5.11 Å². The summed E-state index contributed by atoms with van der Waals surface area (Å²) in [7, 11) is 0. The SMILES string of the molecule is Cc1cc(C)c(CC(O)CC2CCCC2)c(C)c1. The van der Waals surface area contributed by atoms with Gasteiger partial charge in [-0.05, 0) is 56.2 Å². The van der Waals surface area contributed by atoms with Crippen molar-refractivity contribution in [2.24, 2.45) is 5.92 Å². The molecule has 1 nitrogen and oxygen atoms in total. The lowest BCUT2D eigenvalue weighted by Crippen LogP contribution is -2.16. The van der Waals surface area contributed by atoms with E-state index in [4.69, 9.17) is 0 Å². The van der Waals surface area contributed by atoms with Crippen molar-refractivity contribution in [3.8, 4) is 0 Å². The van der Waals surface area contributed by atoms with Crippen LogP contribution in [0.25, 0.3) is 0 Å². The second kappa shape index (κ2) is 5.88. The molecule has 1 saturated carbocycles. The third kappa shape index (κ3) is 3.35. The van der Waals surface area contributed by atoms with E-state index in [1.165, 1.54) is 47.9 Å². The van der Waals surface area contributed by atoms with E-state index in [0.29, 0.717) is 0 Å². The van der Waals surface area contributed by atoms with E-state index in [9.17, 15) is 5.11 Å². The van der Waals surface area contributed by atoms with Crippen molar-refractivity contribution in [1.29, 1.82) is 0 Å². The number of hydrogen-bond acceptors (Lipinski definition) is 1. The molecule has 0 spiro atoms. The summed E-state index contributed by atoms with van der Waals surface area (Å²) in [5, 5.41) is 10.3. The van der Waals surface area contributed by atoms with E-state index >= 15 is 0 Å². The van der Waals surface area contributed by atoms with Crippen molar-refractivity contribution in [2.75, 3.05) is 0 Å². The number of hydrogen-bond donors (Lipinski definition) is 1. The van der Waals surface area contributed by atoms with Gasteiger partial charge in [-0.3, -0.25) is 0 Å². The Balaban J connectivity index is 1.99. The lowest BCUT2D eigenvalue weighted by Gasteiger charge is -2.18. The van der Waals surface area contributed by atoms with Gasteiger partial charge in [-0.15, -0.1) is 0 Å². The van der Waals surface area contributed by atoms with Crippen LogP contribution in [0.15, 0.2) is 12.1 Å². The molecule has 1 aromatic rings. The molecule has 1 aliphatic carbocycles. The average Bonchev–Trinajstić information content (AvgIpc) is 2.76. The molecular formula is C17H26O. The van der Waals surface area contributed by atoms with Crippen LogP contribution in [-0.4, -0.2) is 11.2 Å². The molecule has 0 amide bonds. The Morgan fingerprint density at radius 3 is 2.22 bits per heavy atom. The van der Waals surface area contributed by atoms with Gasteiger partial charge in [0.2, 0.25) is 0 Å². The fraction of sp³-hybridized carbons (Fsp3) is 0.647. The molecule has 0 heterocycles. The number of benzene rings is 1. The first-order chi connectivity index (χ1) is 8.56. The van der Waals surface area contributed by atoms with E-state index in [1.54, 1.807) is 0 Å². The van der Waals surface area contributed by atoms with Crippen LogP contribution < -0.4 is 0 Å². The zero-order chi connectivity index (χ0) is 13.1. The number of aliphatic hydroxyl groups is 1. The minimum atomic E-state index is -0.159. The van der Waals surface area contributed by atoms with Crippen molar-refractivity contribution in [1.82, 2.24) is 0 Å². The molecule has 0 aromatic heterocycles. The monoisotopic (exact) mass is 246 g/mol. The summed E-state index contributed by atoms with van der Waals surface area (Å²) in [6.45, 7) is 6.47. The van der Waals surface area contributed by atoms with E-state index in [0.717, 1.165) is 18.8 Å². The van der Waals surface area contributed by atoms with Crippen molar-refractivity contribution >= 4 is 0 Å². The van der Waals surface area contributed by atoms with Crippen LogP contribution in [0, 0.1) is 26.7 Å². The molecule has 1 atom stereocenters. The van der Waals surface area contributed by atoms with Gasteiger partial charge in [0.15, 0.2) is 0 Å². The van der Waals surface area contributed by atoms with Crippen LogP contribution in [0.4, 0.5) is 0 Å². The first-order valence-electron chi connectivity index (χ1n) is 7.31. The predicted molar refractivity (Wildman–Crippen MR) is 76.9 cm³/mol. The molecule has 1 N–H and O–H groups in total. The molecule has 1 heteroatoms. The standard InChI is InChI=1S/C17H26O/c1-12-8-13(2)17(14(3)9-12)11-16(18)10-15-6-4-5-7-15/h8-9,15-16,18H,4-7,10-11H2,1-3H3. The van der Waals surface area contributed by atoms with E-state index < -0.39 is 0 Å². The average molecular weight is 246 g/mol. The molecule has 18 heavy (non-hydrogen) atoms. The summed E-state index contributed by atoms with van der Waals surface area (Å²) in [6, 6.07) is 4.45. The van der Waals surface area contributed by atoms with Gasteiger partial charge in [0, 0.05) is 0 Å². The summed E-state index contributed by atoms with van der Waals surface area (Å²) in [5.41, 5.74) is 5.33. The third-order valence-electron chi connectivity index (χ3n) is 4.36. The number of rotatable bonds is 4. The first-order valence-corrected chi connectivity index (χ1v) is 7.31. The summed E-state index contributed by atoms with van der Waals surface area (Å²) >= 11 is 0. The van der Waals surface area contributed by atoms with Gasteiger partial charge in [-0.1, -0.05) is 43.4 Å². The maximum atomic E-state index is 10.3.